The van der Waals surface area contributed by atoms with Crippen molar-refractivity contribution in [2.24, 2.45) is 5.73 Å². The van der Waals surface area contributed by atoms with Gasteiger partial charge in [-0.2, -0.15) is 0 Å². The number of nitrogens with two attached hydrogens (primary N) is 1. The van der Waals surface area contributed by atoms with Crippen molar-refractivity contribution in [2.45, 2.75) is 58.5 Å². The predicted octanol–water partition coefficient (Wildman–Crippen LogP) is 2.87. The molecule has 3 nitrogen and oxygen atoms in total. The van der Waals surface area contributed by atoms with Gasteiger partial charge < -0.3 is 10.3 Å². The summed E-state index contributed by atoms with van der Waals surface area (Å²) in [6, 6.07) is 0.109. The maximum Gasteiger partial charge on any atom is 0.125 e. The first-order valence-corrected chi connectivity index (χ1v) is 6.06. The van der Waals surface area contributed by atoms with Gasteiger partial charge in [-0.1, -0.05) is 33.1 Å². The summed E-state index contributed by atoms with van der Waals surface area (Å²) in [5.74, 6) is 1.05. The van der Waals surface area contributed by atoms with Gasteiger partial charge in [0.05, 0.1) is 6.04 Å². The molecule has 0 spiro atoms. The van der Waals surface area contributed by atoms with Gasteiger partial charge in [0.2, 0.25) is 0 Å². The van der Waals surface area contributed by atoms with Gasteiger partial charge in [-0.3, -0.25) is 0 Å². The summed E-state index contributed by atoms with van der Waals surface area (Å²) in [5, 5.41) is 0. The van der Waals surface area contributed by atoms with Gasteiger partial charge >= 0.3 is 0 Å². The molecule has 0 bridgehead atoms. The minimum Gasteiger partial charge on any atom is -0.334 e. The van der Waals surface area contributed by atoms with E-state index in [0.717, 1.165) is 25.2 Å². The van der Waals surface area contributed by atoms with E-state index in [1.165, 1.54) is 19.3 Å². The first-order valence-electron chi connectivity index (χ1n) is 6.06. The molecule has 0 radical (unpaired) electrons. The molecule has 15 heavy (non-hydrogen) atoms. The number of imidazole rings is 1. The molecular formula is C12H23N3. The van der Waals surface area contributed by atoms with E-state index in [-0.39, 0.29) is 6.04 Å². The third-order valence-corrected chi connectivity index (χ3v) is 2.66. The zero-order valence-corrected chi connectivity index (χ0v) is 9.95. The second-order valence-electron chi connectivity index (χ2n) is 4.08. The Labute approximate surface area is 92.7 Å². The molecule has 0 aliphatic rings. The average molecular weight is 209 g/mol. The van der Waals surface area contributed by atoms with Crippen LogP contribution in [0.3, 0.4) is 0 Å². The minimum absolute atomic E-state index is 0.109. The number of hydrogen-bond acceptors (Lipinski definition) is 2. The van der Waals surface area contributed by atoms with Crippen LogP contribution >= 0.6 is 0 Å². The fraction of sp³-hybridized carbons (Fsp3) is 0.750. The molecule has 0 aliphatic carbocycles. The van der Waals surface area contributed by atoms with Gasteiger partial charge in [-0.15, -0.1) is 0 Å². The van der Waals surface area contributed by atoms with E-state index in [1.807, 2.05) is 12.4 Å². The van der Waals surface area contributed by atoms with Crippen molar-refractivity contribution < 1.29 is 0 Å². The summed E-state index contributed by atoms with van der Waals surface area (Å²) in [5.41, 5.74) is 6.13. The third kappa shape index (κ3) is 3.67. The lowest BCUT2D eigenvalue weighted by molar-refractivity contribution is 0.521. The van der Waals surface area contributed by atoms with Crippen LogP contribution in [0.25, 0.3) is 0 Å². The summed E-state index contributed by atoms with van der Waals surface area (Å²) in [4.78, 5) is 4.35. The van der Waals surface area contributed by atoms with E-state index in [4.69, 9.17) is 5.73 Å². The standard InChI is InChI=1S/C12H23N3/c1-3-5-6-7-11(13)12-14-8-10-15(12)9-4-2/h8,10-11H,3-7,9,13H2,1-2H3. The Bertz CT molecular complexity index is 268. The highest BCUT2D eigenvalue weighted by molar-refractivity contribution is 4.98. The van der Waals surface area contributed by atoms with Crippen molar-refractivity contribution in [3.8, 4) is 0 Å². The lowest BCUT2D eigenvalue weighted by Gasteiger charge is -2.13. The van der Waals surface area contributed by atoms with E-state index >= 15 is 0 Å². The Hall–Kier alpha value is -0.830. The average Bonchev–Trinajstić information content (AvgIpc) is 2.67. The van der Waals surface area contributed by atoms with Crippen molar-refractivity contribution in [3.05, 3.63) is 18.2 Å². The van der Waals surface area contributed by atoms with Crippen LogP contribution in [0, 0.1) is 0 Å². The molecule has 1 aromatic heterocycles. The van der Waals surface area contributed by atoms with Crippen LogP contribution in [0.1, 0.15) is 57.8 Å². The van der Waals surface area contributed by atoms with Crippen molar-refractivity contribution >= 4 is 0 Å². The number of unbranched alkanes of at least 4 members (excludes halogenated alkanes) is 2. The maximum absolute atomic E-state index is 6.13. The molecule has 2 N–H and O–H groups in total. The van der Waals surface area contributed by atoms with Gasteiger partial charge in [0, 0.05) is 18.9 Å². The van der Waals surface area contributed by atoms with Gasteiger partial charge in [0.25, 0.3) is 0 Å². The number of hydrogen-bond donors (Lipinski definition) is 1. The largest absolute Gasteiger partial charge is 0.334 e. The van der Waals surface area contributed by atoms with E-state index in [2.05, 4.69) is 23.4 Å². The molecule has 0 saturated carbocycles. The lowest BCUT2D eigenvalue weighted by atomic mass is 10.1. The molecule has 0 saturated heterocycles. The van der Waals surface area contributed by atoms with Crippen LogP contribution in [0.5, 0.6) is 0 Å². The smallest absolute Gasteiger partial charge is 0.125 e. The fourth-order valence-corrected chi connectivity index (χ4v) is 1.82. The topological polar surface area (TPSA) is 43.8 Å². The molecule has 1 aromatic rings. The minimum atomic E-state index is 0.109. The highest BCUT2D eigenvalue weighted by Crippen LogP contribution is 2.16. The third-order valence-electron chi connectivity index (χ3n) is 2.66. The Kier molecular flexibility index (Phi) is 5.40. The summed E-state index contributed by atoms with van der Waals surface area (Å²) in [7, 11) is 0. The number of aromatic nitrogens is 2. The quantitative estimate of drug-likeness (QED) is 0.702. The van der Waals surface area contributed by atoms with Gasteiger partial charge in [0.15, 0.2) is 0 Å². The normalized spacial score (nSPS) is 13.0. The highest BCUT2D eigenvalue weighted by Gasteiger charge is 2.11. The molecule has 0 aromatic carbocycles. The summed E-state index contributed by atoms with van der Waals surface area (Å²) in [6.07, 6.45) is 9.78. The monoisotopic (exact) mass is 209 g/mol. The van der Waals surface area contributed by atoms with Gasteiger partial charge in [-0.25, -0.2) is 4.98 Å². The van der Waals surface area contributed by atoms with Crippen molar-refractivity contribution in [2.75, 3.05) is 0 Å². The molecule has 0 fully saturated rings. The van der Waals surface area contributed by atoms with Crippen LogP contribution in [-0.2, 0) is 6.54 Å². The second kappa shape index (κ2) is 6.62. The van der Waals surface area contributed by atoms with E-state index < -0.39 is 0 Å². The molecule has 0 amide bonds. The first-order chi connectivity index (χ1) is 7.29. The van der Waals surface area contributed by atoms with Crippen LogP contribution < -0.4 is 5.73 Å². The summed E-state index contributed by atoms with van der Waals surface area (Å²) >= 11 is 0. The zero-order valence-electron chi connectivity index (χ0n) is 9.95. The first kappa shape index (κ1) is 12.2. The predicted molar refractivity (Wildman–Crippen MR) is 63.6 cm³/mol. The Morgan fingerprint density at radius 1 is 1.33 bits per heavy atom. The summed E-state index contributed by atoms with van der Waals surface area (Å²) < 4.78 is 2.18. The van der Waals surface area contributed by atoms with E-state index in [1.54, 1.807) is 0 Å². The molecular weight excluding hydrogens is 186 g/mol. The molecule has 3 heteroatoms. The van der Waals surface area contributed by atoms with Crippen molar-refractivity contribution in [3.63, 3.8) is 0 Å². The Morgan fingerprint density at radius 3 is 2.80 bits per heavy atom. The second-order valence-corrected chi connectivity index (χ2v) is 4.08. The fourth-order valence-electron chi connectivity index (χ4n) is 1.82. The SMILES string of the molecule is CCCCCC(N)c1nccn1CCC. The molecule has 1 heterocycles. The maximum atomic E-state index is 6.13. The lowest BCUT2D eigenvalue weighted by Crippen LogP contribution is -2.16. The molecule has 0 aliphatic heterocycles. The molecule has 1 unspecified atom stereocenters. The van der Waals surface area contributed by atoms with Gasteiger partial charge in [0.1, 0.15) is 5.82 Å². The van der Waals surface area contributed by atoms with Crippen LogP contribution in [0.15, 0.2) is 12.4 Å². The van der Waals surface area contributed by atoms with E-state index in [0.29, 0.717) is 0 Å². The van der Waals surface area contributed by atoms with E-state index in [9.17, 15) is 0 Å². The van der Waals surface area contributed by atoms with Crippen molar-refractivity contribution in [1.82, 2.24) is 9.55 Å². The molecule has 1 atom stereocenters. The highest BCUT2D eigenvalue weighted by atomic mass is 15.1. The van der Waals surface area contributed by atoms with Crippen LogP contribution in [0.4, 0.5) is 0 Å². The Balaban J connectivity index is 2.48. The number of aryl methyl sites for hydroxylation is 1. The Morgan fingerprint density at radius 2 is 2.13 bits per heavy atom. The van der Waals surface area contributed by atoms with Crippen molar-refractivity contribution in [1.29, 1.82) is 0 Å². The van der Waals surface area contributed by atoms with Crippen LogP contribution in [0.2, 0.25) is 0 Å². The van der Waals surface area contributed by atoms with Crippen LogP contribution in [-0.4, -0.2) is 9.55 Å². The zero-order chi connectivity index (χ0) is 11.1. The molecule has 1 rings (SSSR count). The molecule has 86 valence electrons. The number of rotatable bonds is 7. The summed E-state index contributed by atoms with van der Waals surface area (Å²) in [6.45, 7) is 5.41. The van der Waals surface area contributed by atoms with Gasteiger partial charge in [-0.05, 0) is 12.8 Å². The number of nitrogens with zero attached hydrogens (tertiary/aromatic N) is 2.